The number of hydrogen-bond acceptors (Lipinski definition) is 8. The zero-order chi connectivity index (χ0) is 20.6. The van der Waals surface area contributed by atoms with Crippen LogP contribution in [-0.2, 0) is 20.8 Å². The number of β-amino-alcohol motifs (C(OH)–C–C–N with tert-alkyl or cyclic N) is 2. The summed E-state index contributed by atoms with van der Waals surface area (Å²) in [4.78, 5) is 13.5. The van der Waals surface area contributed by atoms with Crippen LogP contribution in [0.4, 0.5) is 0 Å². The van der Waals surface area contributed by atoms with E-state index in [-0.39, 0.29) is 25.6 Å². The standard InChI is InChI=1S/C19H30N2O7/c1-25-6-7-28-16-8-14(4-5-15(16)27-3)9-21-10-17(22)19(24,13-21)12-20-18(23)11-26-2/h4-5,8,17,22,24H,6-7,9-13H2,1-3H3,(H,20,23)/t17-,19+/m1/s1. The molecule has 1 fully saturated rings. The molecule has 9 heteroatoms. The summed E-state index contributed by atoms with van der Waals surface area (Å²) in [7, 11) is 4.60. The largest absolute Gasteiger partial charge is 0.493 e. The number of aliphatic hydroxyl groups is 2. The molecule has 0 bridgehead atoms. The van der Waals surface area contributed by atoms with Crippen LogP contribution in [0.15, 0.2) is 18.2 Å². The molecule has 0 aliphatic carbocycles. The Morgan fingerprint density at radius 3 is 2.71 bits per heavy atom. The van der Waals surface area contributed by atoms with Gasteiger partial charge >= 0.3 is 0 Å². The van der Waals surface area contributed by atoms with Gasteiger partial charge in [0.05, 0.1) is 26.4 Å². The first-order valence-electron chi connectivity index (χ1n) is 9.09. The number of nitrogens with one attached hydrogen (secondary N) is 1. The van der Waals surface area contributed by atoms with Gasteiger partial charge in [0.2, 0.25) is 5.91 Å². The maximum Gasteiger partial charge on any atom is 0.246 e. The highest BCUT2D eigenvalue weighted by Gasteiger charge is 2.44. The Kier molecular flexibility index (Phi) is 8.46. The molecular formula is C19H30N2O7. The number of likely N-dealkylation sites (tertiary alicyclic amines) is 1. The predicted molar refractivity (Wildman–Crippen MR) is 101 cm³/mol. The van der Waals surface area contributed by atoms with Crippen molar-refractivity contribution in [3.05, 3.63) is 23.8 Å². The zero-order valence-electron chi connectivity index (χ0n) is 16.6. The molecule has 0 radical (unpaired) electrons. The first-order valence-corrected chi connectivity index (χ1v) is 9.09. The SMILES string of the molecule is COCCOc1cc(CN2C[C@@H](O)[C@](O)(CNC(=O)COC)C2)ccc1OC. The minimum atomic E-state index is -1.41. The predicted octanol–water partition coefficient (Wildman–Crippen LogP) is -0.609. The van der Waals surface area contributed by atoms with Crippen LogP contribution in [-0.4, -0.2) is 93.5 Å². The number of nitrogens with zero attached hydrogens (tertiary/aromatic N) is 1. The van der Waals surface area contributed by atoms with Gasteiger partial charge in [0.1, 0.15) is 18.8 Å². The summed E-state index contributed by atoms with van der Waals surface area (Å²) in [6.45, 7) is 1.77. The summed E-state index contributed by atoms with van der Waals surface area (Å²) in [5.74, 6) is 0.895. The molecule has 1 saturated heterocycles. The Morgan fingerprint density at radius 2 is 2.04 bits per heavy atom. The summed E-state index contributed by atoms with van der Waals surface area (Å²) in [5, 5.41) is 23.6. The molecule has 1 aromatic carbocycles. The molecule has 3 N–H and O–H groups in total. The number of benzene rings is 1. The molecular weight excluding hydrogens is 368 g/mol. The van der Waals surface area contributed by atoms with E-state index in [2.05, 4.69) is 5.32 Å². The molecule has 2 atom stereocenters. The fraction of sp³-hybridized carbons (Fsp3) is 0.632. The van der Waals surface area contributed by atoms with Gasteiger partial charge < -0.3 is 34.5 Å². The van der Waals surface area contributed by atoms with Crippen molar-refractivity contribution in [2.45, 2.75) is 18.2 Å². The van der Waals surface area contributed by atoms with Crippen LogP contribution in [0.1, 0.15) is 5.56 Å². The lowest BCUT2D eigenvalue weighted by atomic mass is 10.0. The van der Waals surface area contributed by atoms with E-state index in [0.717, 1.165) is 5.56 Å². The number of aliphatic hydroxyl groups excluding tert-OH is 1. The smallest absolute Gasteiger partial charge is 0.246 e. The third-order valence-corrected chi connectivity index (χ3v) is 4.60. The molecule has 1 aliphatic rings. The molecule has 0 aromatic heterocycles. The molecule has 2 rings (SSSR count). The second kappa shape index (κ2) is 10.6. The van der Waals surface area contributed by atoms with Gasteiger partial charge in [-0.05, 0) is 17.7 Å². The number of amides is 1. The fourth-order valence-electron chi connectivity index (χ4n) is 3.12. The highest BCUT2D eigenvalue weighted by Crippen LogP contribution is 2.30. The highest BCUT2D eigenvalue weighted by atomic mass is 16.5. The number of carbonyl (C=O) groups excluding carboxylic acids is 1. The van der Waals surface area contributed by atoms with E-state index in [1.807, 2.05) is 23.1 Å². The maximum atomic E-state index is 11.6. The van der Waals surface area contributed by atoms with E-state index in [4.69, 9.17) is 18.9 Å². The van der Waals surface area contributed by atoms with Gasteiger partial charge in [0, 0.05) is 33.9 Å². The number of carbonyl (C=O) groups is 1. The highest BCUT2D eigenvalue weighted by molar-refractivity contribution is 5.77. The maximum absolute atomic E-state index is 11.6. The number of ether oxygens (including phenoxy) is 4. The average Bonchev–Trinajstić information content (AvgIpc) is 2.94. The van der Waals surface area contributed by atoms with Gasteiger partial charge in [-0.1, -0.05) is 6.07 Å². The second-order valence-electron chi connectivity index (χ2n) is 6.83. The summed E-state index contributed by atoms with van der Waals surface area (Å²) in [6.07, 6.45) is -0.967. The zero-order valence-corrected chi connectivity index (χ0v) is 16.6. The summed E-state index contributed by atoms with van der Waals surface area (Å²) >= 11 is 0. The average molecular weight is 398 g/mol. The van der Waals surface area contributed by atoms with Gasteiger partial charge in [0.15, 0.2) is 11.5 Å². The van der Waals surface area contributed by atoms with Crippen LogP contribution in [0, 0.1) is 0 Å². The van der Waals surface area contributed by atoms with Crippen molar-refractivity contribution >= 4 is 5.91 Å². The first-order chi connectivity index (χ1) is 13.4. The Balaban J connectivity index is 1.97. The molecule has 1 aliphatic heterocycles. The van der Waals surface area contributed by atoms with Crippen LogP contribution in [0.2, 0.25) is 0 Å². The van der Waals surface area contributed by atoms with Crippen molar-refractivity contribution < 1.29 is 34.0 Å². The normalized spacial score (nSPS) is 22.2. The van der Waals surface area contributed by atoms with Gasteiger partial charge in [0.25, 0.3) is 0 Å². The summed E-state index contributed by atoms with van der Waals surface area (Å²) in [6, 6.07) is 5.60. The van der Waals surface area contributed by atoms with Crippen molar-refractivity contribution in [2.75, 3.05) is 60.8 Å². The number of methoxy groups -OCH3 is 3. The van der Waals surface area contributed by atoms with Crippen molar-refractivity contribution in [3.8, 4) is 11.5 Å². The molecule has 0 saturated carbocycles. The van der Waals surface area contributed by atoms with E-state index in [9.17, 15) is 15.0 Å². The van der Waals surface area contributed by atoms with E-state index in [1.165, 1.54) is 7.11 Å². The Morgan fingerprint density at radius 1 is 1.25 bits per heavy atom. The first kappa shape index (κ1) is 22.4. The van der Waals surface area contributed by atoms with E-state index < -0.39 is 11.7 Å². The fourth-order valence-corrected chi connectivity index (χ4v) is 3.12. The van der Waals surface area contributed by atoms with Crippen LogP contribution >= 0.6 is 0 Å². The van der Waals surface area contributed by atoms with E-state index >= 15 is 0 Å². The van der Waals surface area contributed by atoms with Gasteiger partial charge in [-0.2, -0.15) is 0 Å². The topological polar surface area (TPSA) is 110 Å². The molecule has 0 unspecified atom stereocenters. The minimum Gasteiger partial charge on any atom is -0.493 e. The van der Waals surface area contributed by atoms with Crippen LogP contribution in [0.5, 0.6) is 11.5 Å². The molecule has 0 spiro atoms. The van der Waals surface area contributed by atoms with Crippen molar-refractivity contribution in [1.82, 2.24) is 10.2 Å². The van der Waals surface area contributed by atoms with Crippen LogP contribution in [0.25, 0.3) is 0 Å². The molecule has 1 amide bonds. The van der Waals surface area contributed by atoms with Crippen molar-refractivity contribution in [2.24, 2.45) is 0 Å². The lowest BCUT2D eigenvalue weighted by Crippen LogP contribution is -2.51. The Hall–Kier alpha value is -1.91. The van der Waals surface area contributed by atoms with Crippen LogP contribution < -0.4 is 14.8 Å². The second-order valence-corrected chi connectivity index (χ2v) is 6.83. The molecule has 28 heavy (non-hydrogen) atoms. The molecule has 1 heterocycles. The molecule has 1 aromatic rings. The third-order valence-electron chi connectivity index (χ3n) is 4.60. The molecule has 158 valence electrons. The number of hydrogen-bond donors (Lipinski definition) is 3. The molecule has 9 nitrogen and oxygen atoms in total. The third kappa shape index (κ3) is 6.05. The lowest BCUT2D eigenvalue weighted by Gasteiger charge is -2.26. The van der Waals surface area contributed by atoms with E-state index in [0.29, 0.717) is 37.8 Å². The van der Waals surface area contributed by atoms with Crippen molar-refractivity contribution in [1.29, 1.82) is 0 Å². The van der Waals surface area contributed by atoms with Gasteiger partial charge in [-0.25, -0.2) is 0 Å². The minimum absolute atomic E-state index is 0.0408. The van der Waals surface area contributed by atoms with Crippen LogP contribution in [0.3, 0.4) is 0 Å². The quantitative estimate of drug-likeness (QED) is 0.424. The van der Waals surface area contributed by atoms with Crippen molar-refractivity contribution in [3.63, 3.8) is 0 Å². The Labute approximate surface area is 165 Å². The monoisotopic (exact) mass is 398 g/mol. The van der Waals surface area contributed by atoms with Gasteiger partial charge in [-0.3, -0.25) is 9.69 Å². The summed E-state index contributed by atoms with van der Waals surface area (Å²) in [5.41, 5.74) is -0.457. The number of rotatable bonds is 11. The van der Waals surface area contributed by atoms with Gasteiger partial charge in [-0.15, -0.1) is 0 Å². The van der Waals surface area contributed by atoms with E-state index in [1.54, 1.807) is 14.2 Å². The lowest BCUT2D eigenvalue weighted by molar-refractivity contribution is -0.126. The summed E-state index contributed by atoms with van der Waals surface area (Å²) < 4.78 is 20.8. The Bertz CT molecular complexity index is 643.